The first kappa shape index (κ1) is 10.3. The average molecular weight is 273 g/mol. The average Bonchev–Trinajstić information content (AvgIpc) is 2.19. The Morgan fingerprint density at radius 1 is 1.50 bits per heavy atom. The van der Waals surface area contributed by atoms with Gasteiger partial charge in [0.15, 0.2) is 0 Å². The molecule has 1 aliphatic heterocycles. The fraction of sp³-hybridized carbons (Fsp3) is 0.400. The molecule has 1 aliphatic rings. The molecule has 2 nitrogen and oxygen atoms in total. The van der Waals surface area contributed by atoms with Crippen molar-refractivity contribution in [3.8, 4) is 0 Å². The molecule has 0 bridgehead atoms. The highest BCUT2D eigenvalue weighted by atomic mass is 79.9. The Labute approximate surface area is 97.0 Å². The van der Waals surface area contributed by atoms with Gasteiger partial charge < -0.3 is 10.6 Å². The minimum Gasteiger partial charge on any atom is -0.368 e. The number of hydrogen-bond donors (Lipinski definition) is 1. The van der Waals surface area contributed by atoms with Crippen LogP contribution in [0.3, 0.4) is 0 Å². The number of anilines is 1. The van der Waals surface area contributed by atoms with Gasteiger partial charge >= 0.3 is 0 Å². The van der Waals surface area contributed by atoms with Crippen LogP contribution in [0.5, 0.6) is 0 Å². The van der Waals surface area contributed by atoms with Gasteiger partial charge in [-0.3, -0.25) is 0 Å². The van der Waals surface area contributed by atoms with Crippen molar-refractivity contribution >= 4 is 33.4 Å². The molecule has 0 atom stereocenters. The summed E-state index contributed by atoms with van der Waals surface area (Å²) in [6.07, 6.45) is 0. The van der Waals surface area contributed by atoms with Crippen molar-refractivity contribution in [2.45, 2.75) is 4.90 Å². The second kappa shape index (κ2) is 4.55. The van der Waals surface area contributed by atoms with Crippen LogP contribution in [-0.2, 0) is 0 Å². The van der Waals surface area contributed by atoms with E-state index in [4.69, 9.17) is 5.73 Å². The Kier molecular flexibility index (Phi) is 3.36. The summed E-state index contributed by atoms with van der Waals surface area (Å²) in [5.74, 6) is 1.16. The standard InChI is InChI=1S/C10H13BrN2S/c11-8-1-2-10-9(7-8)13(4-3-12)5-6-14-10/h1-2,7H,3-6,12H2. The summed E-state index contributed by atoms with van der Waals surface area (Å²) in [5, 5.41) is 0. The summed E-state index contributed by atoms with van der Waals surface area (Å²) in [6.45, 7) is 2.77. The zero-order valence-corrected chi connectivity index (χ0v) is 10.3. The highest BCUT2D eigenvalue weighted by molar-refractivity contribution is 9.10. The molecule has 0 amide bonds. The van der Waals surface area contributed by atoms with Crippen LogP contribution < -0.4 is 10.6 Å². The van der Waals surface area contributed by atoms with Gasteiger partial charge in [-0.2, -0.15) is 0 Å². The summed E-state index contributed by atoms with van der Waals surface area (Å²) in [5.41, 5.74) is 6.91. The van der Waals surface area contributed by atoms with Gasteiger partial charge in [-0.05, 0) is 18.2 Å². The second-order valence-corrected chi connectivity index (χ2v) is 5.29. The van der Waals surface area contributed by atoms with E-state index in [1.54, 1.807) is 0 Å². The molecule has 0 aliphatic carbocycles. The lowest BCUT2D eigenvalue weighted by Crippen LogP contribution is -2.33. The van der Waals surface area contributed by atoms with E-state index in [1.807, 2.05) is 11.8 Å². The van der Waals surface area contributed by atoms with Gasteiger partial charge in [-0.25, -0.2) is 0 Å². The summed E-state index contributed by atoms with van der Waals surface area (Å²) < 4.78 is 1.14. The van der Waals surface area contributed by atoms with Gasteiger partial charge in [0.1, 0.15) is 0 Å². The van der Waals surface area contributed by atoms with Crippen molar-refractivity contribution < 1.29 is 0 Å². The molecule has 4 heteroatoms. The first-order chi connectivity index (χ1) is 6.81. The first-order valence-corrected chi connectivity index (χ1v) is 6.46. The number of halogens is 1. The maximum absolute atomic E-state index is 5.59. The van der Waals surface area contributed by atoms with Gasteiger partial charge in [0, 0.05) is 34.8 Å². The third-order valence-corrected chi connectivity index (χ3v) is 3.82. The third-order valence-electron chi connectivity index (χ3n) is 2.28. The summed E-state index contributed by atoms with van der Waals surface area (Å²) in [4.78, 5) is 3.73. The lowest BCUT2D eigenvalue weighted by atomic mass is 10.2. The molecular formula is C10H13BrN2S. The van der Waals surface area contributed by atoms with Crippen LogP contribution in [0, 0.1) is 0 Å². The number of nitrogens with zero attached hydrogens (tertiary/aromatic N) is 1. The van der Waals surface area contributed by atoms with Crippen molar-refractivity contribution in [2.24, 2.45) is 5.73 Å². The fourth-order valence-electron chi connectivity index (χ4n) is 1.63. The molecule has 1 heterocycles. The number of benzene rings is 1. The molecule has 0 saturated heterocycles. The van der Waals surface area contributed by atoms with Gasteiger partial charge in [-0.1, -0.05) is 15.9 Å². The maximum atomic E-state index is 5.59. The molecular weight excluding hydrogens is 260 g/mol. The minimum atomic E-state index is 0.719. The number of rotatable bonds is 2. The minimum absolute atomic E-state index is 0.719. The normalized spacial score (nSPS) is 15.4. The molecule has 2 N–H and O–H groups in total. The Morgan fingerprint density at radius 2 is 2.36 bits per heavy atom. The van der Waals surface area contributed by atoms with Gasteiger partial charge in [0.25, 0.3) is 0 Å². The molecule has 1 aromatic carbocycles. The molecule has 0 saturated carbocycles. The largest absolute Gasteiger partial charge is 0.368 e. The molecule has 2 rings (SSSR count). The van der Waals surface area contributed by atoms with E-state index >= 15 is 0 Å². The van der Waals surface area contributed by atoms with E-state index in [0.717, 1.165) is 29.9 Å². The van der Waals surface area contributed by atoms with Crippen molar-refractivity contribution in [1.29, 1.82) is 0 Å². The van der Waals surface area contributed by atoms with Crippen LogP contribution in [0.2, 0.25) is 0 Å². The van der Waals surface area contributed by atoms with Gasteiger partial charge in [0.05, 0.1) is 5.69 Å². The lowest BCUT2D eigenvalue weighted by Gasteiger charge is -2.30. The molecule has 0 spiro atoms. The topological polar surface area (TPSA) is 29.3 Å². The molecule has 0 unspecified atom stereocenters. The van der Waals surface area contributed by atoms with Crippen LogP contribution in [0.25, 0.3) is 0 Å². The SMILES string of the molecule is NCCN1CCSc2ccc(Br)cc21. The first-order valence-electron chi connectivity index (χ1n) is 4.68. The lowest BCUT2D eigenvalue weighted by molar-refractivity contribution is 0.804. The Hall–Kier alpha value is -0.190. The van der Waals surface area contributed by atoms with E-state index in [2.05, 4.69) is 39.0 Å². The zero-order valence-electron chi connectivity index (χ0n) is 7.87. The fourth-order valence-corrected chi connectivity index (χ4v) is 3.01. The molecule has 76 valence electrons. The van der Waals surface area contributed by atoms with Crippen molar-refractivity contribution in [1.82, 2.24) is 0 Å². The van der Waals surface area contributed by atoms with Crippen molar-refractivity contribution in [3.63, 3.8) is 0 Å². The maximum Gasteiger partial charge on any atom is 0.0516 e. The highest BCUT2D eigenvalue weighted by Gasteiger charge is 2.16. The van der Waals surface area contributed by atoms with Crippen LogP contribution in [0.1, 0.15) is 0 Å². The van der Waals surface area contributed by atoms with Crippen molar-refractivity contribution in [3.05, 3.63) is 22.7 Å². The molecule has 0 radical (unpaired) electrons. The predicted molar refractivity (Wildman–Crippen MR) is 66.1 cm³/mol. The number of nitrogens with two attached hydrogens (primary N) is 1. The number of hydrogen-bond acceptors (Lipinski definition) is 3. The smallest absolute Gasteiger partial charge is 0.0516 e. The Bertz CT molecular complexity index is 330. The highest BCUT2D eigenvalue weighted by Crippen LogP contribution is 2.36. The Balaban J connectivity index is 2.32. The van der Waals surface area contributed by atoms with E-state index < -0.39 is 0 Å². The van der Waals surface area contributed by atoms with Crippen molar-refractivity contribution in [2.75, 3.05) is 30.3 Å². The van der Waals surface area contributed by atoms with Crippen LogP contribution in [0.4, 0.5) is 5.69 Å². The second-order valence-electron chi connectivity index (χ2n) is 3.24. The van der Waals surface area contributed by atoms with Crippen LogP contribution in [-0.4, -0.2) is 25.4 Å². The van der Waals surface area contributed by atoms with E-state index in [9.17, 15) is 0 Å². The third kappa shape index (κ3) is 2.07. The predicted octanol–water partition coefficient (Wildman–Crippen LogP) is 2.32. The van der Waals surface area contributed by atoms with E-state index in [-0.39, 0.29) is 0 Å². The monoisotopic (exact) mass is 272 g/mol. The van der Waals surface area contributed by atoms with Gasteiger partial charge in [0.2, 0.25) is 0 Å². The zero-order chi connectivity index (χ0) is 9.97. The molecule has 14 heavy (non-hydrogen) atoms. The number of fused-ring (bicyclic) bond motifs is 1. The van der Waals surface area contributed by atoms with E-state index in [1.165, 1.54) is 10.6 Å². The molecule has 1 aromatic rings. The summed E-state index contributed by atoms with van der Waals surface area (Å²) in [7, 11) is 0. The van der Waals surface area contributed by atoms with Gasteiger partial charge in [-0.15, -0.1) is 11.8 Å². The summed E-state index contributed by atoms with van der Waals surface area (Å²) in [6, 6.07) is 6.45. The molecule has 0 fully saturated rings. The molecule has 0 aromatic heterocycles. The number of thioether (sulfide) groups is 1. The van der Waals surface area contributed by atoms with Crippen LogP contribution >= 0.6 is 27.7 Å². The van der Waals surface area contributed by atoms with Crippen LogP contribution in [0.15, 0.2) is 27.6 Å². The quantitative estimate of drug-likeness (QED) is 0.896. The Morgan fingerprint density at radius 3 is 3.14 bits per heavy atom. The van der Waals surface area contributed by atoms with E-state index in [0.29, 0.717) is 0 Å². The summed E-state index contributed by atoms with van der Waals surface area (Å²) >= 11 is 5.43.